The lowest BCUT2D eigenvalue weighted by Gasteiger charge is -2.36. The second-order valence-corrected chi connectivity index (χ2v) is 6.29. The summed E-state index contributed by atoms with van der Waals surface area (Å²) in [4.78, 5) is -0.0275. The molecule has 1 saturated heterocycles. The van der Waals surface area contributed by atoms with Crippen LogP contribution in [0.2, 0.25) is 5.02 Å². The Balaban J connectivity index is 2.24. The van der Waals surface area contributed by atoms with Gasteiger partial charge in [-0.05, 0) is 18.2 Å². The molecular weight excluding hydrogens is 269 g/mol. The fourth-order valence-corrected chi connectivity index (χ4v) is 3.48. The number of hydrogen-bond donors (Lipinski definition) is 1. The maximum atomic E-state index is 12.9. The van der Waals surface area contributed by atoms with E-state index in [2.05, 4.69) is 0 Å². The molecule has 0 atom stereocenters. The Bertz CT molecular complexity index is 528. The summed E-state index contributed by atoms with van der Waals surface area (Å²) in [7, 11) is -3.61. The number of nitrogens with zero attached hydrogens (tertiary/aromatic N) is 1. The zero-order chi connectivity index (χ0) is 12.6. The molecule has 4 nitrogen and oxygen atoms in total. The minimum atomic E-state index is -3.61. The van der Waals surface area contributed by atoms with E-state index in [0.717, 1.165) is 12.1 Å². The summed E-state index contributed by atoms with van der Waals surface area (Å²) in [6.45, 7) is 0.540. The van der Waals surface area contributed by atoms with E-state index >= 15 is 0 Å². The Hall–Kier alpha value is -0.690. The summed E-state index contributed by atoms with van der Waals surface area (Å²) in [6.07, 6.45) is 0. The van der Waals surface area contributed by atoms with Crippen LogP contribution < -0.4 is 0 Å². The van der Waals surface area contributed by atoms with E-state index in [9.17, 15) is 12.8 Å². The van der Waals surface area contributed by atoms with Crippen molar-refractivity contribution in [1.82, 2.24) is 4.31 Å². The molecule has 1 aliphatic heterocycles. The van der Waals surface area contributed by atoms with Crippen LogP contribution in [0.3, 0.4) is 0 Å². The molecule has 94 valence electrons. The van der Waals surface area contributed by atoms with Crippen molar-refractivity contribution in [1.29, 1.82) is 0 Å². The molecule has 1 heterocycles. The van der Waals surface area contributed by atoms with Gasteiger partial charge in [0.05, 0.1) is 9.92 Å². The fraction of sp³-hybridized carbons (Fsp3) is 0.400. The third-order valence-corrected chi connectivity index (χ3v) is 4.83. The van der Waals surface area contributed by atoms with Gasteiger partial charge in [0, 0.05) is 25.6 Å². The highest BCUT2D eigenvalue weighted by molar-refractivity contribution is 7.89. The van der Waals surface area contributed by atoms with E-state index in [-0.39, 0.29) is 35.5 Å². The number of aliphatic hydroxyl groups excluding tert-OH is 1. The maximum absolute atomic E-state index is 12.9. The van der Waals surface area contributed by atoms with E-state index in [1.54, 1.807) is 0 Å². The molecule has 7 heteroatoms. The molecule has 0 spiro atoms. The van der Waals surface area contributed by atoms with Crippen LogP contribution >= 0.6 is 11.6 Å². The van der Waals surface area contributed by atoms with Gasteiger partial charge in [-0.25, -0.2) is 12.8 Å². The molecular formula is C10H11ClFNO3S. The summed E-state index contributed by atoms with van der Waals surface area (Å²) < 4.78 is 38.2. The highest BCUT2D eigenvalue weighted by Gasteiger charge is 2.36. The molecule has 0 bridgehead atoms. The van der Waals surface area contributed by atoms with Crippen molar-refractivity contribution >= 4 is 21.6 Å². The number of rotatable bonds is 3. The molecule has 0 saturated carbocycles. The fourth-order valence-electron chi connectivity index (χ4n) is 1.62. The first-order valence-corrected chi connectivity index (χ1v) is 6.83. The van der Waals surface area contributed by atoms with Gasteiger partial charge in [0.15, 0.2) is 0 Å². The second-order valence-electron chi connectivity index (χ2n) is 3.95. The van der Waals surface area contributed by atoms with Crippen molar-refractivity contribution in [3.05, 3.63) is 29.0 Å². The quantitative estimate of drug-likeness (QED) is 0.901. The summed E-state index contributed by atoms with van der Waals surface area (Å²) in [6, 6.07) is 3.31. The van der Waals surface area contributed by atoms with Crippen molar-refractivity contribution < 1.29 is 17.9 Å². The van der Waals surface area contributed by atoms with Gasteiger partial charge < -0.3 is 5.11 Å². The third kappa shape index (κ3) is 2.30. The Morgan fingerprint density at radius 1 is 1.47 bits per heavy atom. The SMILES string of the molecule is O=S(=O)(c1ccc(F)c(Cl)c1)N1CC(CO)C1. The summed E-state index contributed by atoms with van der Waals surface area (Å²) in [5.41, 5.74) is 0. The molecule has 1 aliphatic rings. The first-order chi connectivity index (χ1) is 7.95. The predicted molar refractivity (Wildman–Crippen MR) is 60.7 cm³/mol. The Labute approximate surface area is 104 Å². The van der Waals surface area contributed by atoms with Crippen LogP contribution in [-0.2, 0) is 10.0 Å². The van der Waals surface area contributed by atoms with Gasteiger partial charge >= 0.3 is 0 Å². The third-order valence-electron chi connectivity index (χ3n) is 2.71. The van der Waals surface area contributed by atoms with Gasteiger partial charge in [0.1, 0.15) is 5.82 Å². The van der Waals surface area contributed by atoms with Gasteiger partial charge in [-0.15, -0.1) is 0 Å². The van der Waals surface area contributed by atoms with Gasteiger partial charge in [-0.1, -0.05) is 11.6 Å². The summed E-state index contributed by atoms with van der Waals surface area (Å²) in [5.74, 6) is -0.664. The standard InChI is InChI=1S/C10H11ClFNO3S/c11-9-3-8(1-2-10(9)12)17(15,16)13-4-7(5-13)6-14/h1-3,7,14H,4-6H2. The van der Waals surface area contributed by atoms with E-state index in [1.165, 1.54) is 10.4 Å². The minimum absolute atomic E-state index is 0.0132. The highest BCUT2D eigenvalue weighted by Crippen LogP contribution is 2.27. The average Bonchev–Trinajstić information content (AvgIpc) is 2.20. The molecule has 17 heavy (non-hydrogen) atoms. The molecule has 1 fully saturated rings. The van der Waals surface area contributed by atoms with Crippen LogP contribution in [0.15, 0.2) is 23.1 Å². The molecule has 1 aromatic carbocycles. The number of hydrogen-bond acceptors (Lipinski definition) is 3. The van der Waals surface area contributed by atoms with Crippen molar-refractivity contribution in [3.8, 4) is 0 Å². The van der Waals surface area contributed by atoms with E-state index in [0.29, 0.717) is 0 Å². The summed E-state index contributed by atoms with van der Waals surface area (Å²) in [5, 5.41) is 8.61. The van der Waals surface area contributed by atoms with Gasteiger partial charge in [0.25, 0.3) is 0 Å². The number of aliphatic hydroxyl groups is 1. The first-order valence-electron chi connectivity index (χ1n) is 5.01. The average molecular weight is 280 g/mol. The van der Waals surface area contributed by atoms with Crippen molar-refractivity contribution in [2.24, 2.45) is 5.92 Å². The van der Waals surface area contributed by atoms with Crippen LogP contribution in [0.1, 0.15) is 0 Å². The second kappa shape index (κ2) is 4.53. The van der Waals surface area contributed by atoms with Crippen molar-refractivity contribution in [2.75, 3.05) is 19.7 Å². The molecule has 0 amide bonds. The lowest BCUT2D eigenvalue weighted by Crippen LogP contribution is -2.51. The van der Waals surface area contributed by atoms with Crippen LogP contribution in [0.4, 0.5) is 4.39 Å². The Kier molecular flexibility index (Phi) is 3.40. The van der Waals surface area contributed by atoms with Crippen molar-refractivity contribution in [3.63, 3.8) is 0 Å². The lowest BCUT2D eigenvalue weighted by atomic mass is 10.1. The van der Waals surface area contributed by atoms with Gasteiger partial charge in [-0.2, -0.15) is 4.31 Å². The van der Waals surface area contributed by atoms with Gasteiger partial charge in [-0.3, -0.25) is 0 Å². The minimum Gasteiger partial charge on any atom is -0.396 e. The number of benzene rings is 1. The normalized spacial score (nSPS) is 18.1. The zero-order valence-electron chi connectivity index (χ0n) is 8.81. The van der Waals surface area contributed by atoms with Crippen LogP contribution in [0, 0.1) is 11.7 Å². The van der Waals surface area contributed by atoms with Crippen LogP contribution in [0.5, 0.6) is 0 Å². The number of halogens is 2. The molecule has 0 unspecified atom stereocenters. The predicted octanol–water partition coefficient (Wildman–Crippen LogP) is 1.09. The van der Waals surface area contributed by atoms with Crippen molar-refractivity contribution in [2.45, 2.75) is 4.90 Å². The molecule has 1 N–H and O–H groups in total. The van der Waals surface area contributed by atoms with E-state index in [4.69, 9.17) is 16.7 Å². The smallest absolute Gasteiger partial charge is 0.243 e. The monoisotopic (exact) mass is 279 g/mol. The van der Waals surface area contributed by atoms with Crippen LogP contribution in [0.25, 0.3) is 0 Å². The van der Waals surface area contributed by atoms with E-state index in [1.807, 2.05) is 0 Å². The Morgan fingerprint density at radius 3 is 2.65 bits per heavy atom. The molecule has 0 aromatic heterocycles. The molecule has 2 rings (SSSR count). The van der Waals surface area contributed by atoms with Gasteiger partial charge in [0.2, 0.25) is 10.0 Å². The number of sulfonamides is 1. The molecule has 0 radical (unpaired) electrons. The largest absolute Gasteiger partial charge is 0.396 e. The Morgan fingerprint density at radius 2 is 2.12 bits per heavy atom. The van der Waals surface area contributed by atoms with Crippen LogP contribution in [-0.4, -0.2) is 37.5 Å². The molecule has 0 aliphatic carbocycles. The summed E-state index contributed by atoms with van der Waals surface area (Å²) >= 11 is 5.54. The maximum Gasteiger partial charge on any atom is 0.243 e. The topological polar surface area (TPSA) is 57.6 Å². The van der Waals surface area contributed by atoms with E-state index < -0.39 is 15.8 Å². The zero-order valence-corrected chi connectivity index (χ0v) is 10.4. The molecule has 1 aromatic rings. The first kappa shape index (κ1) is 12.8. The highest BCUT2D eigenvalue weighted by atomic mass is 35.5. The lowest BCUT2D eigenvalue weighted by molar-refractivity contribution is 0.117.